The molecule has 2 aliphatic rings. The van der Waals surface area contributed by atoms with Gasteiger partial charge >= 0.3 is 0 Å². The molecule has 2 aliphatic heterocycles. The molecule has 3 aromatic rings. The molecule has 2 heterocycles. The fourth-order valence-corrected chi connectivity index (χ4v) is 4.98. The third kappa shape index (κ3) is 2.19. The van der Waals surface area contributed by atoms with E-state index in [0.717, 1.165) is 36.0 Å². The number of fused-ring (bicyclic) bond motifs is 4. The van der Waals surface area contributed by atoms with Gasteiger partial charge in [0, 0.05) is 24.2 Å². The van der Waals surface area contributed by atoms with Gasteiger partial charge in [0.2, 0.25) is 0 Å². The Morgan fingerprint density at radius 1 is 0.889 bits per heavy atom. The molecule has 0 bridgehead atoms. The molecule has 1 saturated heterocycles. The first kappa shape index (κ1) is 15.9. The molecule has 27 heavy (non-hydrogen) atoms. The molecular weight excluding hydrogens is 330 g/mol. The standard InChI is InChI=1S/C24H19N3/c25-15-24(16-26)14-18-8-3-6-17-7-4-10-20(23(17)18)19-9-1-2-11-21(19)27-13-5-12-22(24)27/h1-4,6-11,22H,5,12-14H2. The first-order valence-electron chi connectivity index (χ1n) is 9.46. The van der Waals surface area contributed by atoms with Crippen LogP contribution in [0, 0.1) is 28.1 Å². The highest BCUT2D eigenvalue weighted by molar-refractivity contribution is 6.02. The summed E-state index contributed by atoms with van der Waals surface area (Å²) in [5.74, 6) is 0. The molecule has 0 aliphatic carbocycles. The van der Waals surface area contributed by atoms with Gasteiger partial charge in [-0.3, -0.25) is 0 Å². The van der Waals surface area contributed by atoms with Crippen molar-refractivity contribution in [3.05, 3.63) is 66.2 Å². The van der Waals surface area contributed by atoms with Crippen LogP contribution in [0.25, 0.3) is 21.9 Å². The second-order valence-electron chi connectivity index (χ2n) is 7.56. The Kier molecular flexibility index (Phi) is 3.46. The molecule has 1 atom stereocenters. The zero-order chi connectivity index (χ0) is 18.4. The number of hydrogen-bond acceptors (Lipinski definition) is 3. The molecule has 130 valence electrons. The number of nitrogens with zero attached hydrogens (tertiary/aromatic N) is 3. The van der Waals surface area contributed by atoms with Gasteiger partial charge in [-0.15, -0.1) is 0 Å². The van der Waals surface area contributed by atoms with Crippen molar-refractivity contribution in [3.8, 4) is 23.3 Å². The summed E-state index contributed by atoms with van der Waals surface area (Å²) in [6.07, 6.45) is 2.35. The highest BCUT2D eigenvalue weighted by Crippen LogP contribution is 2.46. The maximum absolute atomic E-state index is 10.1. The normalized spacial score (nSPS) is 19.8. The van der Waals surface area contributed by atoms with Crippen molar-refractivity contribution in [2.24, 2.45) is 5.41 Å². The van der Waals surface area contributed by atoms with Gasteiger partial charge in [-0.05, 0) is 40.8 Å². The van der Waals surface area contributed by atoms with E-state index >= 15 is 0 Å². The molecule has 1 fully saturated rings. The second kappa shape index (κ2) is 5.86. The van der Waals surface area contributed by atoms with E-state index in [0.29, 0.717) is 6.42 Å². The topological polar surface area (TPSA) is 50.8 Å². The van der Waals surface area contributed by atoms with Gasteiger partial charge in [0.25, 0.3) is 0 Å². The molecule has 3 nitrogen and oxygen atoms in total. The number of anilines is 1. The highest BCUT2D eigenvalue weighted by Gasteiger charge is 2.46. The molecule has 0 aromatic heterocycles. The van der Waals surface area contributed by atoms with Gasteiger partial charge in [0.1, 0.15) is 0 Å². The van der Waals surface area contributed by atoms with Crippen molar-refractivity contribution < 1.29 is 0 Å². The summed E-state index contributed by atoms with van der Waals surface area (Å²) >= 11 is 0. The third-order valence-corrected chi connectivity index (χ3v) is 6.18. The van der Waals surface area contributed by atoms with E-state index in [1.165, 1.54) is 16.5 Å². The lowest BCUT2D eigenvalue weighted by Gasteiger charge is -2.35. The molecule has 1 unspecified atom stereocenters. The summed E-state index contributed by atoms with van der Waals surface area (Å²) in [7, 11) is 0. The second-order valence-corrected chi connectivity index (χ2v) is 7.56. The van der Waals surface area contributed by atoms with Gasteiger partial charge in [-0.1, -0.05) is 54.6 Å². The summed E-state index contributed by atoms with van der Waals surface area (Å²) in [6, 6.07) is 25.8. The third-order valence-electron chi connectivity index (χ3n) is 6.18. The Bertz CT molecular complexity index is 1110. The molecule has 0 amide bonds. The minimum atomic E-state index is -1.05. The molecule has 5 rings (SSSR count). The maximum atomic E-state index is 10.1. The lowest BCUT2D eigenvalue weighted by Crippen LogP contribution is -2.44. The summed E-state index contributed by atoms with van der Waals surface area (Å²) in [4.78, 5) is 2.31. The minimum Gasteiger partial charge on any atom is -0.365 e. The van der Waals surface area contributed by atoms with E-state index in [2.05, 4.69) is 71.6 Å². The molecule has 0 saturated carbocycles. The van der Waals surface area contributed by atoms with Crippen LogP contribution in [0.1, 0.15) is 18.4 Å². The number of rotatable bonds is 0. The van der Waals surface area contributed by atoms with Gasteiger partial charge in [0.05, 0.1) is 18.2 Å². The Labute approximate surface area is 159 Å². The molecular formula is C24H19N3. The van der Waals surface area contributed by atoms with Crippen LogP contribution in [0.4, 0.5) is 5.69 Å². The zero-order valence-corrected chi connectivity index (χ0v) is 15.0. The first-order chi connectivity index (χ1) is 13.3. The van der Waals surface area contributed by atoms with Gasteiger partial charge in [-0.2, -0.15) is 10.5 Å². The van der Waals surface area contributed by atoms with Crippen molar-refractivity contribution in [1.82, 2.24) is 0 Å². The van der Waals surface area contributed by atoms with Crippen LogP contribution < -0.4 is 4.90 Å². The van der Waals surface area contributed by atoms with Crippen LogP contribution in [-0.2, 0) is 6.42 Å². The maximum Gasteiger partial charge on any atom is 0.167 e. The van der Waals surface area contributed by atoms with Gasteiger partial charge < -0.3 is 4.90 Å². The average Bonchev–Trinajstić information content (AvgIpc) is 3.22. The lowest BCUT2D eigenvalue weighted by atomic mass is 9.75. The largest absolute Gasteiger partial charge is 0.365 e. The van der Waals surface area contributed by atoms with E-state index in [1.54, 1.807) is 0 Å². The number of hydrogen-bond donors (Lipinski definition) is 0. The summed E-state index contributed by atoms with van der Waals surface area (Å²) in [6.45, 7) is 0.888. The fourth-order valence-electron chi connectivity index (χ4n) is 4.98. The predicted molar refractivity (Wildman–Crippen MR) is 107 cm³/mol. The molecule has 3 heteroatoms. The quantitative estimate of drug-likeness (QED) is 0.569. The Hall–Kier alpha value is -3.30. The zero-order valence-electron chi connectivity index (χ0n) is 15.0. The monoisotopic (exact) mass is 349 g/mol. The Morgan fingerprint density at radius 3 is 2.44 bits per heavy atom. The average molecular weight is 349 g/mol. The molecule has 0 N–H and O–H groups in total. The van der Waals surface area contributed by atoms with Crippen molar-refractivity contribution in [2.45, 2.75) is 25.3 Å². The summed E-state index contributed by atoms with van der Waals surface area (Å²) in [5, 5.41) is 22.6. The van der Waals surface area contributed by atoms with Crippen LogP contribution >= 0.6 is 0 Å². The van der Waals surface area contributed by atoms with E-state index in [4.69, 9.17) is 0 Å². The van der Waals surface area contributed by atoms with E-state index < -0.39 is 5.41 Å². The van der Waals surface area contributed by atoms with Crippen molar-refractivity contribution in [3.63, 3.8) is 0 Å². The Morgan fingerprint density at radius 2 is 1.63 bits per heavy atom. The van der Waals surface area contributed by atoms with E-state index in [1.807, 2.05) is 6.07 Å². The van der Waals surface area contributed by atoms with Gasteiger partial charge in [0.15, 0.2) is 5.41 Å². The van der Waals surface area contributed by atoms with Crippen LogP contribution in [0.3, 0.4) is 0 Å². The minimum absolute atomic E-state index is 0.0850. The lowest BCUT2D eigenvalue weighted by molar-refractivity contribution is 0.405. The fraction of sp³-hybridized carbons (Fsp3) is 0.250. The molecule has 3 aromatic carbocycles. The Balaban J connectivity index is 1.93. The smallest absolute Gasteiger partial charge is 0.167 e. The van der Waals surface area contributed by atoms with Crippen LogP contribution in [0.15, 0.2) is 60.7 Å². The molecule has 0 radical (unpaired) electrons. The summed E-state index contributed by atoms with van der Waals surface area (Å²) in [5.41, 5.74) is 3.56. The van der Waals surface area contributed by atoms with Crippen LogP contribution in [-0.4, -0.2) is 12.6 Å². The van der Waals surface area contributed by atoms with Crippen molar-refractivity contribution >= 4 is 16.5 Å². The van der Waals surface area contributed by atoms with Crippen molar-refractivity contribution in [2.75, 3.05) is 11.4 Å². The molecule has 0 spiro atoms. The van der Waals surface area contributed by atoms with Crippen molar-refractivity contribution in [1.29, 1.82) is 10.5 Å². The van der Waals surface area contributed by atoms with E-state index in [9.17, 15) is 10.5 Å². The summed E-state index contributed by atoms with van der Waals surface area (Å²) < 4.78 is 0. The number of para-hydroxylation sites is 1. The predicted octanol–water partition coefficient (Wildman–Crippen LogP) is 5.07. The van der Waals surface area contributed by atoms with Crippen LogP contribution in [0.2, 0.25) is 0 Å². The van der Waals surface area contributed by atoms with Gasteiger partial charge in [-0.25, -0.2) is 0 Å². The first-order valence-corrected chi connectivity index (χ1v) is 9.46. The van der Waals surface area contributed by atoms with E-state index in [-0.39, 0.29) is 6.04 Å². The number of nitriles is 2. The highest BCUT2D eigenvalue weighted by atomic mass is 15.2. The number of benzene rings is 3. The van der Waals surface area contributed by atoms with Crippen LogP contribution in [0.5, 0.6) is 0 Å². The SMILES string of the molecule is N#CC1(C#N)Cc2cccc3cccc(c23)-c2ccccc2N2CCCC21.